The Balaban J connectivity index is 1.40. The number of nitrogens with zero attached hydrogens (tertiary/aromatic N) is 6. The zero-order valence-electron chi connectivity index (χ0n) is 14.9. The number of halogens is 1. The number of hydrogen-bond donors (Lipinski definition) is 2. The van der Waals surface area contributed by atoms with Gasteiger partial charge in [-0.15, -0.1) is 0 Å². The van der Waals surface area contributed by atoms with E-state index in [2.05, 4.69) is 25.6 Å². The monoisotopic (exact) mass is 376 g/mol. The highest BCUT2D eigenvalue weighted by molar-refractivity contribution is 6.00. The van der Waals surface area contributed by atoms with E-state index >= 15 is 0 Å². The predicted octanol–water partition coefficient (Wildman–Crippen LogP) is -0.637. The number of anilines is 1. The van der Waals surface area contributed by atoms with Crippen LogP contribution in [0.2, 0.25) is 0 Å². The molecule has 2 amide bonds. The number of carbonyl (C=O) groups is 2. The molecule has 0 aromatic carbocycles. The number of aryl methyl sites for hydroxylation is 1. The number of hydrogen-bond acceptors (Lipinski definition) is 6. The number of amides is 2. The fraction of sp³-hybridized carbons (Fsp3) is 0.562. The third-order valence-electron chi connectivity index (χ3n) is 4.94. The Kier molecular flexibility index (Phi) is 4.60. The molecule has 2 N–H and O–H groups in total. The first-order chi connectivity index (χ1) is 13.0. The average Bonchev–Trinajstić information content (AvgIpc) is 3.27. The van der Waals surface area contributed by atoms with E-state index in [1.54, 1.807) is 11.7 Å². The van der Waals surface area contributed by atoms with Gasteiger partial charge < -0.3 is 5.32 Å². The lowest BCUT2D eigenvalue weighted by atomic mass is 10.1. The molecule has 2 aromatic rings. The third-order valence-corrected chi connectivity index (χ3v) is 4.94. The van der Waals surface area contributed by atoms with Crippen molar-refractivity contribution in [2.24, 2.45) is 0 Å². The summed E-state index contributed by atoms with van der Waals surface area (Å²) in [5.74, 6) is 0.0749. The fourth-order valence-electron chi connectivity index (χ4n) is 3.37. The first-order valence-electron chi connectivity index (χ1n) is 8.88. The highest BCUT2D eigenvalue weighted by Gasteiger charge is 2.31. The lowest BCUT2D eigenvalue weighted by Gasteiger charge is -2.33. The molecule has 11 heteroatoms. The van der Waals surface area contributed by atoms with Gasteiger partial charge in [-0.1, -0.05) is 0 Å². The van der Waals surface area contributed by atoms with Crippen molar-refractivity contribution < 1.29 is 14.0 Å². The summed E-state index contributed by atoms with van der Waals surface area (Å²) in [5, 5.41) is 13.4. The van der Waals surface area contributed by atoms with Crippen molar-refractivity contribution in [3.05, 3.63) is 23.9 Å². The van der Waals surface area contributed by atoms with Crippen molar-refractivity contribution in [3.8, 4) is 0 Å². The van der Waals surface area contributed by atoms with Gasteiger partial charge >= 0.3 is 0 Å². The number of alkyl halides is 1. The minimum absolute atomic E-state index is 0.0660. The van der Waals surface area contributed by atoms with E-state index in [-0.39, 0.29) is 11.7 Å². The molecule has 2 aliphatic heterocycles. The Morgan fingerprint density at radius 1 is 1.44 bits per heavy atom. The van der Waals surface area contributed by atoms with Crippen LogP contribution in [0.25, 0.3) is 0 Å². The van der Waals surface area contributed by atoms with Gasteiger partial charge in [0, 0.05) is 45.7 Å². The molecule has 0 saturated carbocycles. The van der Waals surface area contributed by atoms with Gasteiger partial charge in [0.25, 0.3) is 11.8 Å². The summed E-state index contributed by atoms with van der Waals surface area (Å²) in [4.78, 5) is 32.2. The topological polar surface area (TPSA) is 112 Å². The Hall–Kier alpha value is -2.82. The molecular formula is C16H21FN8O2. The highest BCUT2D eigenvalue weighted by Crippen LogP contribution is 2.22. The molecule has 2 aliphatic rings. The standard InChI is InChI=1S/C16H21FN8O2/c1-23-13-6-11(2-4-24-7-10(17)8-24)22-25(13)5-3-12(16(23)27)20-15(26)14-18-9-19-21-14/h6,9-10,12H,2-5,7-8H2,1H3,(H,20,26)(H,18,19,21)/t12-/m1/s1. The average molecular weight is 376 g/mol. The van der Waals surface area contributed by atoms with Crippen LogP contribution < -0.4 is 10.2 Å². The van der Waals surface area contributed by atoms with Crippen molar-refractivity contribution in [3.63, 3.8) is 0 Å². The fourth-order valence-corrected chi connectivity index (χ4v) is 3.37. The van der Waals surface area contributed by atoms with Crippen molar-refractivity contribution in [2.45, 2.75) is 31.6 Å². The minimum Gasteiger partial charge on any atom is -0.337 e. The molecule has 10 nitrogen and oxygen atoms in total. The van der Waals surface area contributed by atoms with E-state index in [4.69, 9.17) is 0 Å². The molecular weight excluding hydrogens is 355 g/mol. The summed E-state index contributed by atoms with van der Waals surface area (Å²) in [6.45, 7) is 2.23. The highest BCUT2D eigenvalue weighted by atomic mass is 19.1. The largest absolute Gasteiger partial charge is 0.337 e. The normalized spacial score (nSPS) is 20.9. The molecule has 0 unspecified atom stereocenters. The molecule has 144 valence electrons. The van der Waals surface area contributed by atoms with Crippen LogP contribution in [0.4, 0.5) is 10.2 Å². The lowest BCUT2D eigenvalue weighted by molar-refractivity contribution is -0.120. The number of aromatic nitrogens is 5. The SMILES string of the molecule is CN1C(=O)[C@H](NC(=O)c2ncn[nH]2)CCn2nc(CCN3CC(F)C3)cc21. The van der Waals surface area contributed by atoms with Crippen LogP contribution in [0.3, 0.4) is 0 Å². The second-order valence-electron chi connectivity index (χ2n) is 6.87. The van der Waals surface area contributed by atoms with Gasteiger partial charge in [0.15, 0.2) is 0 Å². The number of H-pyrrole nitrogens is 1. The number of carbonyl (C=O) groups excluding carboxylic acids is 2. The number of aromatic amines is 1. The van der Waals surface area contributed by atoms with Gasteiger partial charge in [-0.3, -0.25) is 24.5 Å². The summed E-state index contributed by atoms with van der Waals surface area (Å²) >= 11 is 0. The molecule has 4 rings (SSSR count). The zero-order valence-corrected chi connectivity index (χ0v) is 14.9. The van der Waals surface area contributed by atoms with Gasteiger partial charge in [0.05, 0.1) is 5.69 Å². The number of nitrogens with one attached hydrogen (secondary N) is 2. The van der Waals surface area contributed by atoms with Crippen molar-refractivity contribution in [1.29, 1.82) is 0 Å². The van der Waals surface area contributed by atoms with Gasteiger partial charge in [-0.05, 0) is 6.42 Å². The van der Waals surface area contributed by atoms with Crippen LogP contribution in [0.1, 0.15) is 22.7 Å². The number of likely N-dealkylation sites (tertiary alicyclic amines) is 1. The van der Waals surface area contributed by atoms with Crippen LogP contribution in [-0.4, -0.2) is 80.6 Å². The van der Waals surface area contributed by atoms with E-state index in [0.717, 1.165) is 12.2 Å². The van der Waals surface area contributed by atoms with Crippen molar-refractivity contribution >= 4 is 17.6 Å². The van der Waals surface area contributed by atoms with Crippen molar-refractivity contribution in [2.75, 3.05) is 31.6 Å². The molecule has 27 heavy (non-hydrogen) atoms. The summed E-state index contributed by atoms with van der Waals surface area (Å²) < 4.78 is 14.7. The second-order valence-corrected chi connectivity index (χ2v) is 6.87. The van der Waals surface area contributed by atoms with Gasteiger partial charge in [-0.25, -0.2) is 14.1 Å². The maximum atomic E-state index is 12.9. The zero-order chi connectivity index (χ0) is 19.0. The van der Waals surface area contributed by atoms with E-state index in [1.807, 2.05) is 11.0 Å². The van der Waals surface area contributed by atoms with Crippen LogP contribution in [0.5, 0.6) is 0 Å². The van der Waals surface area contributed by atoms with Crippen LogP contribution >= 0.6 is 0 Å². The Bertz CT molecular complexity index is 830. The van der Waals surface area contributed by atoms with Gasteiger partial charge in [-0.2, -0.15) is 10.2 Å². The summed E-state index contributed by atoms with van der Waals surface area (Å²) in [6, 6.07) is 1.21. The first kappa shape index (κ1) is 17.6. The Labute approximate surface area is 154 Å². The molecule has 0 radical (unpaired) electrons. The summed E-state index contributed by atoms with van der Waals surface area (Å²) in [5.41, 5.74) is 0.871. The molecule has 0 spiro atoms. The minimum atomic E-state index is -0.712. The van der Waals surface area contributed by atoms with E-state index in [1.165, 1.54) is 11.2 Å². The summed E-state index contributed by atoms with van der Waals surface area (Å²) in [6.07, 6.45) is 1.66. The van der Waals surface area contributed by atoms with Gasteiger partial charge in [0.1, 0.15) is 24.4 Å². The summed E-state index contributed by atoms with van der Waals surface area (Å²) in [7, 11) is 1.67. The molecule has 4 heterocycles. The van der Waals surface area contributed by atoms with Crippen LogP contribution in [0.15, 0.2) is 12.4 Å². The van der Waals surface area contributed by atoms with E-state index in [0.29, 0.717) is 38.3 Å². The number of fused-ring (bicyclic) bond motifs is 1. The Morgan fingerprint density at radius 2 is 2.26 bits per heavy atom. The second kappa shape index (κ2) is 7.06. The molecule has 0 aliphatic carbocycles. The third kappa shape index (κ3) is 3.54. The lowest BCUT2D eigenvalue weighted by Crippen LogP contribution is -2.48. The van der Waals surface area contributed by atoms with Crippen LogP contribution in [0, 0.1) is 0 Å². The maximum Gasteiger partial charge on any atom is 0.289 e. The first-order valence-corrected chi connectivity index (χ1v) is 8.88. The molecule has 1 saturated heterocycles. The predicted molar refractivity (Wildman–Crippen MR) is 92.9 cm³/mol. The molecule has 1 atom stereocenters. The maximum absolute atomic E-state index is 12.9. The number of rotatable bonds is 5. The quantitative estimate of drug-likeness (QED) is 0.718. The molecule has 0 bridgehead atoms. The van der Waals surface area contributed by atoms with E-state index < -0.39 is 18.1 Å². The Morgan fingerprint density at radius 3 is 2.96 bits per heavy atom. The number of likely N-dealkylation sites (N-methyl/N-ethyl adjacent to an activating group) is 1. The molecule has 1 fully saturated rings. The smallest absolute Gasteiger partial charge is 0.289 e. The van der Waals surface area contributed by atoms with Crippen LogP contribution in [-0.2, 0) is 17.8 Å². The van der Waals surface area contributed by atoms with Crippen molar-refractivity contribution in [1.82, 2.24) is 35.2 Å². The molecule has 2 aromatic heterocycles. The van der Waals surface area contributed by atoms with Gasteiger partial charge in [0.2, 0.25) is 5.82 Å². The van der Waals surface area contributed by atoms with E-state index in [9.17, 15) is 14.0 Å².